The molecule has 0 aliphatic heterocycles. The Bertz CT molecular complexity index is 1150. The number of methoxy groups -OCH3 is 1. The smallest absolute Gasteiger partial charge is 0.226 e. The Balaban J connectivity index is 1.39. The van der Waals surface area contributed by atoms with E-state index in [1.54, 1.807) is 40.1 Å². The fourth-order valence-corrected chi connectivity index (χ4v) is 3.56. The van der Waals surface area contributed by atoms with Gasteiger partial charge in [-0.05, 0) is 41.8 Å². The Kier molecular flexibility index (Phi) is 5.59. The SMILES string of the molecule is COc1ccc(Cl)cc1NC(=O)CCNc1ccc2nnc(-c3ccsc3)n2n1. The van der Waals surface area contributed by atoms with Gasteiger partial charge in [0.05, 0.1) is 12.8 Å². The minimum atomic E-state index is -0.164. The van der Waals surface area contributed by atoms with Crippen molar-refractivity contribution in [2.75, 3.05) is 24.3 Å². The molecule has 3 aromatic heterocycles. The van der Waals surface area contributed by atoms with Crippen molar-refractivity contribution < 1.29 is 9.53 Å². The van der Waals surface area contributed by atoms with Crippen LogP contribution in [-0.2, 0) is 4.79 Å². The lowest BCUT2D eigenvalue weighted by atomic mass is 10.2. The molecule has 1 amide bonds. The molecule has 4 rings (SSSR count). The van der Waals surface area contributed by atoms with Crippen LogP contribution in [-0.4, -0.2) is 39.4 Å². The van der Waals surface area contributed by atoms with Gasteiger partial charge < -0.3 is 15.4 Å². The van der Waals surface area contributed by atoms with E-state index >= 15 is 0 Å². The summed E-state index contributed by atoms with van der Waals surface area (Å²) in [6.45, 7) is 0.406. The maximum atomic E-state index is 12.3. The van der Waals surface area contributed by atoms with Crippen LogP contribution in [0.3, 0.4) is 0 Å². The first kappa shape index (κ1) is 19.2. The van der Waals surface area contributed by atoms with Crippen LogP contribution < -0.4 is 15.4 Å². The van der Waals surface area contributed by atoms with Crippen LogP contribution in [0.2, 0.25) is 5.02 Å². The molecular formula is C19H17ClN6O2S. The van der Waals surface area contributed by atoms with E-state index in [0.29, 0.717) is 40.3 Å². The number of ether oxygens (including phenoxy) is 1. The number of halogens is 1. The van der Waals surface area contributed by atoms with Crippen molar-refractivity contribution in [3.05, 3.63) is 52.2 Å². The quantitative estimate of drug-likeness (QED) is 0.463. The molecule has 0 aliphatic rings. The summed E-state index contributed by atoms with van der Waals surface area (Å²) < 4.78 is 6.92. The zero-order chi connectivity index (χ0) is 20.2. The van der Waals surface area contributed by atoms with Crippen molar-refractivity contribution in [1.82, 2.24) is 19.8 Å². The standard InChI is InChI=1S/C19H17ClN6O2S/c1-28-15-3-2-13(20)10-14(15)22-18(27)6-8-21-16-4-5-17-23-24-19(26(17)25-16)12-7-9-29-11-12/h2-5,7,9-11H,6,8H2,1H3,(H,21,25)(H,22,27). The van der Waals surface area contributed by atoms with Crippen LogP contribution in [0, 0.1) is 0 Å². The zero-order valence-corrected chi connectivity index (χ0v) is 17.0. The molecule has 1 aromatic carbocycles. The second-order valence-electron chi connectivity index (χ2n) is 6.09. The first-order chi connectivity index (χ1) is 14.1. The van der Waals surface area contributed by atoms with Gasteiger partial charge in [0.1, 0.15) is 11.6 Å². The number of carbonyl (C=O) groups is 1. The molecule has 0 saturated heterocycles. The van der Waals surface area contributed by atoms with Crippen LogP contribution in [0.5, 0.6) is 5.75 Å². The molecule has 0 unspecified atom stereocenters. The number of thiophene rings is 1. The van der Waals surface area contributed by atoms with E-state index in [1.165, 1.54) is 7.11 Å². The van der Waals surface area contributed by atoms with E-state index in [-0.39, 0.29) is 12.3 Å². The van der Waals surface area contributed by atoms with Crippen LogP contribution in [0.15, 0.2) is 47.2 Å². The minimum Gasteiger partial charge on any atom is -0.495 e. The van der Waals surface area contributed by atoms with Crippen LogP contribution in [0.25, 0.3) is 17.0 Å². The molecule has 0 atom stereocenters. The topological polar surface area (TPSA) is 93.4 Å². The lowest BCUT2D eigenvalue weighted by Crippen LogP contribution is -2.17. The zero-order valence-electron chi connectivity index (χ0n) is 15.4. The highest BCUT2D eigenvalue weighted by Gasteiger charge is 2.11. The molecule has 0 saturated carbocycles. The fourth-order valence-electron chi connectivity index (χ4n) is 2.75. The molecule has 148 valence electrons. The Morgan fingerprint density at radius 3 is 2.93 bits per heavy atom. The van der Waals surface area contributed by atoms with E-state index in [0.717, 1.165) is 5.56 Å². The molecule has 0 spiro atoms. The number of benzene rings is 1. The molecule has 8 nitrogen and oxygen atoms in total. The van der Waals surface area contributed by atoms with Crippen molar-refractivity contribution in [2.45, 2.75) is 6.42 Å². The summed E-state index contributed by atoms with van der Waals surface area (Å²) in [5.41, 5.74) is 2.15. The summed E-state index contributed by atoms with van der Waals surface area (Å²) in [7, 11) is 1.54. The number of anilines is 2. The summed E-state index contributed by atoms with van der Waals surface area (Å²) in [6, 6.07) is 10.7. The highest BCUT2D eigenvalue weighted by atomic mass is 35.5. The third-order valence-electron chi connectivity index (χ3n) is 4.14. The monoisotopic (exact) mass is 428 g/mol. The van der Waals surface area contributed by atoms with Crippen molar-refractivity contribution >= 4 is 46.0 Å². The van der Waals surface area contributed by atoms with E-state index in [1.807, 2.05) is 22.9 Å². The van der Waals surface area contributed by atoms with Gasteiger partial charge in [0, 0.05) is 28.9 Å². The number of rotatable bonds is 7. The van der Waals surface area contributed by atoms with E-state index < -0.39 is 0 Å². The van der Waals surface area contributed by atoms with Crippen LogP contribution in [0.4, 0.5) is 11.5 Å². The Hall–Kier alpha value is -3.17. The molecule has 3 heterocycles. The Labute approximate surface area is 175 Å². The number of hydrogen-bond donors (Lipinski definition) is 2. The molecule has 10 heteroatoms. The largest absolute Gasteiger partial charge is 0.495 e. The maximum Gasteiger partial charge on any atom is 0.226 e. The van der Waals surface area contributed by atoms with Crippen LogP contribution >= 0.6 is 22.9 Å². The number of aromatic nitrogens is 4. The van der Waals surface area contributed by atoms with Gasteiger partial charge in [-0.1, -0.05) is 11.6 Å². The minimum absolute atomic E-state index is 0.164. The normalized spacial score (nSPS) is 10.8. The first-order valence-electron chi connectivity index (χ1n) is 8.76. The number of nitrogens with zero attached hydrogens (tertiary/aromatic N) is 4. The van der Waals surface area contributed by atoms with Gasteiger partial charge in [0.15, 0.2) is 11.5 Å². The summed E-state index contributed by atoms with van der Waals surface area (Å²) in [4.78, 5) is 12.3. The highest BCUT2D eigenvalue weighted by Crippen LogP contribution is 2.27. The predicted molar refractivity (Wildman–Crippen MR) is 114 cm³/mol. The number of fused-ring (bicyclic) bond motifs is 1. The van der Waals surface area contributed by atoms with Gasteiger partial charge in [-0.25, -0.2) is 0 Å². The van der Waals surface area contributed by atoms with Gasteiger partial charge in [0.2, 0.25) is 5.91 Å². The number of hydrogen-bond acceptors (Lipinski definition) is 7. The van der Waals surface area contributed by atoms with E-state index in [4.69, 9.17) is 16.3 Å². The molecule has 2 N–H and O–H groups in total. The lowest BCUT2D eigenvalue weighted by molar-refractivity contribution is -0.116. The average Bonchev–Trinajstić information content (AvgIpc) is 3.37. The van der Waals surface area contributed by atoms with Crippen molar-refractivity contribution in [1.29, 1.82) is 0 Å². The molecule has 0 bridgehead atoms. The van der Waals surface area contributed by atoms with E-state index in [2.05, 4.69) is 25.9 Å². The third-order valence-corrected chi connectivity index (χ3v) is 5.05. The number of amides is 1. The first-order valence-corrected chi connectivity index (χ1v) is 10.1. The summed E-state index contributed by atoms with van der Waals surface area (Å²) in [5, 5.41) is 23.3. The lowest BCUT2D eigenvalue weighted by Gasteiger charge is -2.11. The maximum absolute atomic E-state index is 12.3. The average molecular weight is 429 g/mol. The summed E-state index contributed by atoms with van der Waals surface area (Å²) in [6.07, 6.45) is 0.245. The number of carbonyl (C=O) groups excluding carboxylic acids is 1. The Morgan fingerprint density at radius 1 is 1.24 bits per heavy atom. The van der Waals surface area contributed by atoms with Gasteiger partial charge >= 0.3 is 0 Å². The molecule has 4 aromatic rings. The summed E-state index contributed by atoms with van der Waals surface area (Å²) in [5.74, 6) is 1.69. The van der Waals surface area contributed by atoms with Crippen molar-refractivity contribution in [3.8, 4) is 17.1 Å². The van der Waals surface area contributed by atoms with Gasteiger partial charge in [-0.15, -0.1) is 15.3 Å². The predicted octanol–water partition coefficient (Wildman–Crippen LogP) is 3.96. The van der Waals surface area contributed by atoms with Gasteiger partial charge in [-0.2, -0.15) is 15.9 Å². The second-order valence-corrected chi connectivity index (χ2v) is 7.31. The fraction of sp³-hybridized carbons (Fsp3) is 0.158. The molecule has 29 heavy (non-hydrogen) atoms. The molecule has 0 radical (unpaired) electrons. The van der Waals surface area contributed by atoms with Crippen molar-refractivity contribution in [2.24, 2.45) is 0 Å². The van der Waals surface area contributed by atoms with Crippen LogP contribution in [0.1, 0.15) is 6.42 Å². The highest BCUT2D eigenvalue weighted by molar-refractivity contribution is 7.08. The summed E-state index contributed by atoms with van der Waals surface area (Å²) >= 11 is 7.58. The van der Waals surface area contributed by atoms with Gasteiger partial charge in [0.25, 0.3) is 0 Å². The number of nitrogens with one attached hydrogen (secondary N) is 2. The Morgan fingerprint density at radius 2 is 2.14 bits per heavy atom. The third kappa shape index (κ3) is 4.30. The molecule has 0 aliphatic carbocycles. The van der Waals surface area contributed by atoms with E-state index in [9.17, 15) is 4.79 Å². The molecule has 0 fully saturated rings. The van der Waals surface area contributed by atoms with Crippen molar-refractivity contribution in [3.63, 3.8) is 0 Å². The van der Waals surface area contributed by atoms with Gasteiger partial charge in [-0.3, -0.25) is 4.79 Å². The second kappa shape index (κ2) is 8.46. The molecular weight excluding hydrogens is 412 g/mol.